The number of rotatable bonds is 1. The molecule has 1 atom stereocenters. The van der Waals surface area contributed by atoms with E-state index in [-0.39, 0.29) is 5.56 Å². The molecule has 0 aromatic carbocycles. The summed E-state index contributed by atoms with van der Waals surface area (Å²) in [5.74, 6) is 0.711. The summed E-state index contributed by atoms with van der Waals surface area (Å²) in [4.78, 5) is 13.3. The molecular formula is C10H15N3O. The van der Waals surface area contributed by atoms with Crippen molar-refractivity contribution in [3.63, 3.8) is 0 Å². The van der Waals surface area contributed by atoms with Crippen molar-refractivity contribution < 1.29 is 0 Å². The Morgan fingerprint density at radius 3 is 3.21 bits per heavy atom. The van der Waals surface area contributed by atoms with Crippen LogP contribution in [0.1, 0.15) is 19.8 Å². The highest BCUT2D eigenvalue weighted by atomic mass is 16.1. The number of hydrogen-bond acceptors (Lipinski definition) is 3. The fourth-order valence-electron chi connectivity index (χ4n) is 1.96. The van der Waals surface area contributed by atoms with E-state index in [1.54, 1.807) is 12.3 Å². The molecule has 2 heterocycles. The largest absolute Gasteiger partial charge is 0.370 e. The van der Waals surface area contributed by atoms with Crippen molar-refractivity contribution in [3.05, 3.63) is 22.6 Å². The molecule has 0 radical (unpaired) electrons. The standard InChI is InChI=1S/C10H15N3O/c1-8-3-2-4-13(7-8)9-5-10(14)12-11-6-9/h5-6,8H,2-4,7H2,1H3,(H,12,14). The van der Waals surface area contributed by atoms with Crippen molar-refractivity contribution in [2.24, 2.45) is 5.92 Å². The molecule has 1 saturated heterocycles. The average Bonchev–Trinajstić information content (AvgIpc) is 2.18. The molecule has 0 bridgehead atoms. The van der Waals surface area contributed by atoms with Gasteiger partial charge in [0.2, 0.25) is 0 Å². The number of piperidine rings is 1. The molecule has 1 fully saturated rings. The van der Waals surface area contributed by atoms with E-state index in [4.69, 9.17) is 0 Å². The molecule has 1 aliphatic rings. The van der Waals surface area contributed by atoms with Gasteiger partial charge in [-0.3, -0.25) is 4.79 Å². The third-order valence-corrected chi connectivity index (χ3v) is 2.67. The minimum absolute atomic E-state index is 0.124. The zero-order valence-corrected chi connectivity index (χ0v) is 8.36. The molecule has 4 nitrogen and oxygen atoms in total. The van der Waals surface area contributed by atoms with Crippen molar-refractivity contribution in [1.29, 1.82) is 0 Å². The molecule has 1 aliphatic heterocycles. The molecule has 2 rings (SSSR count). The average molecular weight is 193 g/mol. The number of H-pyrrole nitrogens is 1. The lowest BCUT2D eigenvalue weighted by molar-refractivity contribution is 0.446. The smallest absolute Gasteiger partial charge is 0.266 e. The normalized spacial score (nSPS) is 22.4. The summed E-state index contributed by atoms with van der Waals surface area (Å²) >= 11 is 0. The van der Waals surface area contributed by atoms with E-state index in [2.05, 4.69) is 22.0 Å². The zero-order chi connectivity index (χ0) is 9.97. The van der Waals surface area contributed by atoms with Crippen molar-refractivity contribution in [2.45, 2.75) is 19.8 Å². The number of nitrogens with one attached hydrogen (secondary N) is 1. The highest BCUT2D eigenvalue weighted by Gasteiger charge is 2.16. The first kappa shape index (κ1) is 9.24. The molecule has 1 N–H and O–H groups in total. The molecule has 1 aromatic rings. The van der Waals surface area contributed by atoms with Gasteiger partial charge in [0.05, 0.1) is 11.9 Å². The molecule has 1 unspecified atom stereocenters. The van der Waals surface area contributed by atoms with E-state index in [1.807, 2.05) is 0 Å². The second-order valence-electron chi connectivity index (χ2n) is 4.00. The first-order valence-corrected chi connectivity index (χ1v) is 5.05. The van der Waals surface area contributed by atoms with Crippen LogP contribution in [0.25, 0.3) is 0 Å². The maximum atomic E-state index is 11.1. The highest BCUT2D eigenvalue weighted by Crippen LogP contribution is 2.20. The Morgan fingerprint density at radius 2 is 2.50 bits per heavy atom. The lowest BCUT2D eigenvalue weighted by Crippen LogP contribution is -2.34. The van der Waals surface area contributed by atoms with Crippen LogP contribution in [0.15, 0.2) is 17.1 Å². The summed E-state index contributed by atoms with van der Waals surface area (Å²) < 4.78 is 0. The minimum atomic E-state index is -0.124. The van der Waals surface area contributed by atoms with Crippen LogP contribution in [-0.4, -0.2) is 23.3 Å². The first-order valence-electron chi connectivity index (χ1n) is 5.05. The lowest BCUT2D eigenvalue weighted by Gasteiger charge is -2.32. The van der Waals surface area contributed by atoms with Crippen LogP contribution in [0.2, 0.25) is 0 Å². The molecular weight excluding hydrogens is 178 g/mol. The van der Waals surface area contributed by atoms with Crippen molar-refractivity contribution >= 4 is 5.69 Å². The van der Waals surface area contributed by atoms with Crippen molar-refractivity contribution in [1.82, 2.24) is 10.2 Å². The van der Waals surface area contributed by atoms with Crippen LogP contribution in [0.4, 0.5) is 5.69 Å². The summed E-state index contributed by atoms with van der Waals surface area (Å²) in [6.07, 6.45) is 4.21. The number of anilines is 1. The molecule has 76 valence electrons. The number of nitrogens with zero attached hydrogens (tertiary/aromatic N) is 2. The molecule has 0 amide bonds. The van der Waals surface area contributed by atoms with Crippen LogP contribution >= 0.6 is 0 Å². The SMILES string of the molecule is CC1CCCN(c2cn[nH]c(=O)c2)C1. The third-order valence-electron chi connectivity index (χ3n) is 2.67. The Balaban J connectivity index is 2.18. The lowest BCUT2D eigenvalue weighted by atomic mass is 10.00. The van der Waals surface area contributed by atoms with Crippen LogP contribution < -0.4 is 10.5 Å². The van der Waals surface area contributed by atoms with Crippen molar-refractivity contribution in [3.8, 4) is 0 Å². The summed E-state index contributed by atoms with van der Waals surface area (Å²) in [5, 5.41) is 6.20. The second kappa shape index (κ2) is 3.82. The quantitative estimate of drug-likeness (QED) is 0.724. The third kappa shape index (κ3) is 1.95. The van der Waals surface area contributed by atoms with Crippen LogP contribution in [0.3, 0.4) is 0 Å². The van der Waals surface area contributed by atoms with Crippen LogP contribution in [0.5, 0.6) is 0 Å². The van der Waals surface area contributed by atoms with E-state index < -0.39 is 0 Å². The summed E-state index contributed by atoms with van der Waals surface area (Å²) in [6, 6.07) is 1.62. The minimum Gasteiger partial charge on any atom is -0.370 e. The van der Waals surface area contributed by atoms with Gasteiger partial charge in [-0.25, -0.2) is 5.10 Å². The second-order valence-corrected chi connectivity index (χ2v) is 4.00. The zero-order valence-electron chi connectivity index (χ0n) is 8.36. The Morgan fingerprint density at radius 1 is 1.64 bits per heavy atom. The van der Waals surface area contributed by atoms with E-state index in [0.717, 1.165) is 18.8 Å². The topological polar surface area (TPSA) is 49.0 Å². The van der Waals surface area contributed by atoms with Gasteiger partial charge >= 0.3 is 0 Å². The number of aromatic nitrogens is 2. The van der Waals surface area contributed by atoms with Crippen LogP contribution in [0, 0.1) is 5.92 Å². The maximum Gasteiger partial charge on any atom is 0.266 e. The number of aromatic amines is 1. The maximum absolute atomic E-state index is 11.1. The van der Waals surface area contributed by atoms with Gasteiger partial charge in [-0.2, -0.15) is 5.10 Å². The van der Waals surface area contributed by atoms with E-state index >= 15 is 0 Å². The van der Waals surface area contributed by atoms with E-state index in [9.17, 15) is 4.79 Å². The predicted octanol–water partition coefficient (Wildman–Crippen LogP) is 1.01. The summed E-state index contributed by atoms with van der Waals surface area (Å²) in [7, 11) is 0. The molecule has 0 aliphatic carbocycles. The van der Waals surface area contributed by atoms with Gasteiger partial charge in [0.15, 0.2) is 0 Å². The fourth-order valence-corrected chi connectivity index (χ4v) is 1.96. The predicted molar refractivity (Wildman–Crippen MR) is 55.5 cm³/mol. The molecule has 0 saturated carbocycles. The monoisotopic (exact) mass is 193 g/mol. The fraction of sp³-hybridized carbons (Fsp3) is 0.600. The molecule has 14 heavy (non-hydrogen) atoms. The summed E-state index contributed by atoms with van der Waals surface area (Å²) in [6.45, 7) is 4.31. The van der Waals surface area contributed by atoms with Gasteiger partial charge in [0.1, 0.15) is 0 Å². The van der Waals surface area contributed by atoms with Gasteiger partial charge in [-0.1, -0.05) is 6.92 Å². The Labute approximate surface area is 82.9 Å². The Kier molecular flexibility index (Phi) is 2.52. The molecule has 4 heteroatoms. The summed E-state index contributed by atoms with van der Waals surface area (Å²) in [5.41, 5.74) is 0.820. The number of hydrogen-bond donors (Lipinski definition) is 1. The van der Waals surface area contributed by atoms with Crippen molar-refractivity contribution in [2.75, 3.05) is 18.0 Å². The molecule has 1 aromatic heterocycles. The Hall–Kier alpha value is -1.32. The Bertz CT molecular complexity index is 360. The van der Waals surface area contributed by atoms with E-state index in [1.165, 1.54) is 12.8 Å². The van der Waals surface area contributed by atoms with E-state index in [0.29, 0.717) is 5.92 Å². The van der Waals surface area contributed by atoms with Gasteiger partial charge in [-0.15, -0.1) is 0 Å². The van der Waals surface area contributed by atoms with Gasteiger partial charge in [-0.05, 0) is 18.8 Å². The molecule has 0 spiro atoms. The van der Waals surface area contributed by atoms with Gasteiger partial charge in [0.25, 0.3) is 5.56 Å². The first-order chi connectivity index (χ1) is 6.75. The van der Waals surface area contributed by atoms with Gasteiger partial charge in [0, 0.05) is 19.2 Å². The van der Waals surface area contributed by atoms with Crippen LogP contribution in [-0.2, 0) is 0 Å². The highest BCUT2D eigenvalue weighted by molar-refractivity contribution is 5.43. The van der Waals surface area contributed by atoms with Gasteiger partial charge < -0.3 is 4.90 Å².